The summed E-state index contributed by atoms with van der Waals surface area (Å²) in [6, 6.07) is 5.58. The number of likely N-dealkylation sites (tertiary alicyclic amines) is 1. The van der Waals surface area contributed by atoms with Crippen LogP contribution < -0.4 is 10.6 Å². The Bertz CT molecular complexity index is 1130. The third-order valence-corrected chi connectivity index (χ3v) is 6.69. The van der Waals surface area contributed by atoms with E-state index in [9.17, 15) is 9.59 Å². The molecule has 0 atom stereocenters. The van der Waals surface area contributed by atoms with Gasteiger partial charge in [-0.2, -0.15) is 0 Å². The summed E-state index contributed by atoms with van der Waals surface area (Å²) in [7, 11) is 0. The predicted octanol–water partition coefficient (Wildman–Crippen LogP) is 4.03. The number of furan rings is 1. The fraction of sp³-hybridized carbons (Fsp3) is 0.500. The summed E-state index contributed by atoms with van der Waals surface area (Å²) in [5, 5.41) is 10.9. The molecule has 5 rings (SSSR count). The van der Waals surface area contributed by atoms with Crippen LogP contribution in [0.15, 0.2) is 33.4 Å². The third kappa shape index (κ3) is 4.58. The fourth-order valence-corrected chi connectivity index (χ4v) is 4.83. The summed E-state index contributed by atoms with van der Waals surface area (Å²) < 4.78 is 10.8. The average Bonchev–Trinajstić information content (AvgIpc) is 3.50. The van der Waals surface area contributed by atoms with Gasteiger partial charge in [0, 0.05) is 25.2 Å². The second-order valence-corrected chi connectivity index (χ2v) is 9.00. The van der Waals surface area contributed by atoms with Gasteiger partial charge in [0.05, 0.1) is 22.9 Å². The van der Waals surface area contributed by atoms with Crippen LogP contribution in [0.3, 0.4) is 0 Å². The van der Waals surface area contributed by atoms with E-state index >= 15 is 0 Å². The summed E-state index contributed by atoms with van der Waals surface area (Å²) in [6.07, 6.45) is 8.77. The highest BCUT2D eigenvalue weighted by atomic mass is 16.5. The highest BCUT2D eigenvalue weighted by Crippen LogP contribution is 2.27. The number of hydrogen-bond donors (Lipinski definition) is 2. The minimum Gasteiger partial charge on any atom is -0.463 e. The minimum atomic E-state index is -0.202. The summed E-state index contributed by atoms with van der Waals surface area (Å²) in [5.41, 5.74) is 1.90. The number of hydrogen-bond acceptors (Lipinski definition) is 6. The van der Waals surface area contributed by atoms with Crippen LogP contribution in [0.2, 0.25) is 0 Å². The lowest BCUT2D eigenvalue weighted by Gasteiger charge is -2.34. The van der Waals surface area contributed by atoms with E-state index in [0.29, 0.717) is 65.8 Å². The first kappa shape index (κ1) is 21.5. The van der Waals surface area contributed by atoms with E-state index in [1.165, 1.54) is 19.3 Å². The van der Waals surface area contributed by atoms with Gasteiger partial charge in [-0.15, -0.1) is 0 Å². The highest BCUT2D eigenvalue weighted by molar-refractivity contribution is 6.07. The maximum Gasteiger partial charge on any atom is 0.317 e. The maximum atomic E-state index is 13.2. The Morgan fingerprint density at radius 3 is 2.55 bits per heavy atom. The predicted molar refractivity (Wildman–Crippen MR) is 122 cm³/mol. The van der Waals surface area contributed by atoms with Crippen molar-refractivity contribution in [3.05, 3.63) is 35.7 Å². The first-order valence-corrected chi connectivity index (χ1v) is 11.8. The number of rotatable bonds is 4. The van der Waals surface area contributed by atoms with E-state index in [-0.39, 0.29) is 18.0 Å². The van der Waals surface area contributed by atoms with E-state index in [4.69, 9.17) is 8.94 Å². The molecule has 1 saturated carbocycles. The lowest BCUT2D eigenvalue weighted by Crippen LogP contribution is -2.51. The van der Waals surface area contributed by atoms with Crippen molar-refractivity contribution >= 4 is 23.0 Å². The summed E-state index contributed by atoms with van der Waals surface area (Å²) in [4.78, 5) is 32.2. The maximum absolute atomic E-state index is 13.2. The van der Waals surface area contributed by atoms with Crippen molar-refractivity contribution in [1.29, 1.82) is 0 Å². The SMILES string of the molecule is Cc1noc2nc(-c3ccco3)cc(C(=O)NC3CCN(C(=O)NC4CCCCC4)CC3)c12. The molecule has 2 fully saturated rings. The molecule has 0 aromatic carbocycles. The van der Waals surface area contributed by atoms with E-state index in [2.05, 4.69) is 20.8 Å². The second-order valence-electron chi connectivity index (χ2n) is 9.00. The lowest BCUT2D eigenvalue weighted by atomic mass is 9.95. The van der Waals surface area contributed by atoms with Gasteiger partial charge in [-0.05, 0) is 50.8 Å². The van der Waals surface area contributed by atoms with Crippen LogP contribution in [0.1, 0.15) is 61.0 Å². The highest BCUT2D eigenvalue weighted by Gasteiger charge is 2.27. The zero-order valence-corrected chi connectivity index (χ0v) is 18.8. The molecule has 9 heteroatoms. The minimum absolute atomic E-state index is 0.00771. The number of amides is 3. The zero-order valence-electron chi connectivity index (χ0n) is 18.8. The third-order valence-electron chi connectivity index (χ3n) is 6.69. The number of nitrogens with zero attached hydrogens (tertiary/aromatic N) is 3. The molecule has 1 saturated heterocycles. The van der Waals surface area contributed by atoms with Gasteiger partial charge in [0.15, 0.2) is 5.76 Å². The zero-order chi connectivity index (χ0) is 22.8. The number of nitrogens with one attached hydrogen (secondary N) is 2. The van der Waals surface area contributed by atoms with Crippen LogP contribution in [-0.4, -0.2) is 52.2 Å². The van der Waals surface area contributed by atoms with Gasteiger partial charge in [-0.3, -0.25) is 4.79 Å². The van der Waals surface area contributed by atoms with Crippen LogP contribution >= 0.6 is 0 Å². The van der Waals surface area contributed by atoms with E-state index in [1.54, 1.807) is 31.4 Å². The van der Waals surface area contributed by atoms with Crippen molar-refractivity contribution in [3.8, 4) is 11.5 Å². The monoisotopic (exact) mass is 451 g/mol. The normalized spacial score (nSPS) is 17.9. The average molecular weight is 452 g/mol. The summed E-state index contributed by atoms with van der Waals surface area (Å²) in [6.45, 7) is 3.04. The first-order chi connectivity index (χ1) is 16.1. The second kappa shape index (κ2) is 9.25. The Kier molecular flexibility index (Phi) is 6.02. The number of urea groups is 1. The molecule has 3 aromatic rings. The molecule has 1 aliphatic carbocycles. The van der Waals surface area contributed by atoms with Crippen LogP contribution in [0.5, 0.6) is 0 Å². The topological polar surface area (TPSA) is 114 Å². The van der Waals surface area contributed by atoms with Gasteiger partial charge in [0.1, 0.15) is 5.69 Å². The number of fused-ring (bicyclic) bond motifs is 1. The van der Waals surface area contributed by atoms with Gasteiger partial charge in [-0.1, -0.05) is 24.4 Å². The molecule has 4 heterocycles. The Morgan fingerprint density at radius 1 is 1.06 bits per heavy atom. The van der Waals surface area contributed by atoms with Crippen LogP contribution in [0.4, 0.5) is 4.79 Å². The van der Waals surface area contributed by atoms with Crippen molar-refractivity contribution in [3.63, 3.8) is 0 Å². The quantitative estimate of drug-likeness (QED) is 0.619. The summed E-state index contributed by atoms with van der Waals surface area (Å²) >= 11 is 0. The Balaban J connectivity index is 1.24. The molecular formula is C24H29N5O4. The van der Waals surface area contributed by atoms with E-state index in [1.807, 2.05) is 4.90 Å². The molecule has 2 N–H and O–H groups in total. The lowest BCUT2D eigenvalue weighted by molar-refractivity contribution is 0.0919. The summed E-state index contributed by atoms with van der Waals surface area (Å²) in [5.74, 6) is 0.351. The van der Waals surface area contributed by atoms with E-state index in [0.717, 1.165) is 12.8 Å². The fourth-order valence-electron chi connectivity index (χ4n) is 4.83. The molecular weight excluding hydrogens is 422 g/mol. The number of carbonyl (C=O) groups is 2. The Morgan fingerprint density at radius 2 is 1.82 bits per heavy atom. The van der Waals surface area contributed by atoms with Crippen LogP contribution in [0, 0.1) is 6.92 Å². The van der Waals surface area contributed by atoms with Crippen molar-refractivity contribution in [2.45, 2.75) is 64.0 Å². The molecule has 2 aliphatic rings. The van der Waals surface area contributed by atoms with Crippen molar-refractivity contribution in [1.82, 2.24) is 25.7 Å². The van der Waals surface area contributed by atoms with Crippen molar-refractivity contribution in [2.24, 2.45) is 0 Å². The van der Waals surface area contributed by atoms with Crippen LogP contribution in [0.25, 0.3) is 22.6 Å². The Labute approximate surface area is 191 Å². The van der Waals surface area contributed by atoms with Gasteiger partial charge in [0.25, 0.3) is 11.6 Å². The Hall–Kier alpha value is -3.36. The molecule has 3 amide bonds. The van der Waals surface area contributed by atoms with Gasteiger partial charge < -0.3 is 24.5 Å². The molecule has 174 valence electrons. The standard InChI is InChI=1S/C24H29N5O4/c1-15-21-18(14-19(20-8-5-13-32-20)27-23(21)33-28-15)22(30)25-17-9-11-29(12-10-17)24(31)26-16-6-3-2-4-7-16/h5,8,13-14,16-17H,2-4,6-7,9-12H2,1H3,(H,25,30)(H,26,31). The molecule has 0 bridgehead atoms. The number of pyridine rings is 1. The van der Waals surface area contributed by atoms with Crippen LogP contribution in [-0.2, 0) is 0 Å². The first-order valence-electron chi connectivity index (χ1n) is 11.8. The van der Waals surface area contributed by atoms with Crippen molar-refractivity contribution in [2.75, 3.05) is 13.1 Å². The molecule has 0 unspecified atom stereocenters. The smallest absolute Gasteiger partial charge is 0.317 e. The molecule has 33 heavy (non-hydrogen) atoms. The van der Waals surface area contributed by atoms with Crippen molar-refractivity contribution < 1.29 is 18.5 Å². The van der Waals surface area contributed by atoms with Gasteiger partial charge >= 0.3 is 6.03 Å². The number of aromatic nitrogens is 2. The molecule has 1 aliphatic heterocycles. The molecule has 3 aromatic heterocycles. The van der Waals surface area contributed by atoms with E-state index < -0.39 is 0 Å². The van der Waals surface area contributed by atoms with Gasteiger partial charge in [0.2, 0.25) is 0 Å². The number of carbonyl (C=O) groups excluding carboxylic acids is 2. The molecule has 0 spiro atoms. The number of piperidine rings is 1. The largest absolute Gasteiger partial charge is 0.463 e. The van der Waals surface area contributed by atoms with Gasteiger partial charge in [-0.25, -0.2) is 9.78 Å². The molecule has 9 nitrogen and oxygen atoms in total. The molecule has 0 radical (unpaired) electrons. The number of aryl methyl sites for hydroxylation is 1.